The van der Waals surface area contributed by atoms with Crippen LogP contribution in [0.5, 0.6) is 0 Å². The zero-order valence-corrected chi connectivity index (χ0v) is 9.56. The van der Waals surface area contributed by atoms with Crippen LogP contribution in [0.2, 0.25) is 0 Å². The van der Waals surface area contributed by atoms with Gasteiger partial charge in [0.25, 0.3) is 0 Å². The number of hydrogen-bond donors (Lipinski definition) is 0. The molecule has 0 spiro atoms. The van der Waals surface area contributed by atoms with E-state index in [-0.39, 0.29) is 6.54 Å². The van der Waals surface area contributed by atoms with Gasteiger partial charge in [0.15, 0.2) is 0 Å². The van der Waals surface area contributed by atoms with Gasteiger partial charge in [0.2, 0.25) is 0 Å². The quantitative estimate of drug-likeness (QED) is 0.540. The fourth-order valence-corrected chi connectivity index (χ4v) is 1.25. The number of rotatable bonds is 2. The number of carbonyl (C=O) groups excluding carboxylic acids is 2. The summed E-state index contributed by atoms with van der Waals surface area (Å²) in [5, 5.41) is 0. The van der Waals surface area contributed by atoms with Crippen molar-refractivity contribution in [3.63, 3.8) is 0 Å². The van der Waals surface area contributed by atoms with E-state index in [1.54, 1.807) is 6.07 Å². The van der Waals surface area contributed by atoms with Crippen LogP contribution in [0.1, 0.15) is 11.4 Å². The normalized spacial score (nSPS) is 9.69. The molecule has 0 aliphatic heterocycles. The topological polar surface area (TPSA) is 59.5 Å². The summed E-state index contributed by atoms with van der Waals surface area (Å²) in [6.07, 6.45) is 0. The van der Waals surface area contributed by atoms with E-state index in [4.69, 9.17) is 0 Å². The molecule has 0 saturated heterocycles. The predicted molar refractivity (Wildman–Crippen MR) is 57.5 cm³/mol. The monoisotopic (exact) mass is 222 g/mol. The van der Waals surface area contributed by atoms with E-state index in [1.807, 2.05) is 19.1 Å². The van der Waals surface area contributed by atoms with Crippen LogP contribution in [0.25, 0.3) is 0 Å². The molecule has 0 aromatic carbocycles. The molecule has 0 bridgehead atoms. The van der Waals surface area contributed by atoms with Gasteiger partial charge in [0.1, 0.15) is 0 Å². The number of carbonyl (C=O) groups is 2. The van der Waals surface area contributed by atoms with Crippen molar-refractivity contribution >= 4 is 11.9 Å². The summed E-state index contributed by atoms with van der Waals surface area (Å²) < 4.78 is 4.34. The number of aromatic nitrogens is 1. The Hall–Kier alpha value is -1.91. The first-order valence-electron chi connectivity index (χ1n) is 4.80. The third-order valence-corrected chi connectivity index (χ3v) is 2.05. The minimum atomic E-state index is -0.866. The van der Waals surface area contributed by atoms with Crippen molar-refractivity contribution < 1.29 is 14.3 Å². The van der Waals surface area contributed by atoms with Gasteiger partial charge in [-0.15, -0.1) is 0 Å². The first-order valence-corrected chi connectivity index (χ1v) is 4.80. The smallest absolute Gasteiger partial charge is 0.396 e. The van der Waals surface area contributed by atoms with E-state index in [0.717, 1.165) is 11.4 Å². The lowest BCUT2D eigenvalue weighted by Gasteiger charge is -2.14. The van der Waals surface area contributed by atoms with Gasteiger partial charge in [0.05, 0.1) is 19.3 Å². The van der Waals surface area contributed by atoms with Crippen LogP contribution in [-0.2, 0) is 20.9 Å². The molecular formula is C11H14N2O3. The van der Waals surface area contributed by atoms with E-state index in [2.05, 4.69) is 9.72 Å². The fraction of sp³-hybridized carbons (Fsp3) is 0.364. The van der Waals surface area contributed by atoms with Crippen molar-refractivity contribution in [3.05, 3.63) is 29.6 Å². The molecule has 0 aliphatic carbocycles. The highest BCUT2D eigenvalue weighted by Gasteiger charge is 2.19. The molecule has 0 fully saturated rings. The molecule has 1 rings (SSSR count). The Balaban J connectivity index is 2.67. The average Bonchev–Trinajstić information content (AvgIpc) is 2.27. The molecule has 0 aliphatic rings. The molecule has 1 aromatic heterocycles. The van der Waals surface area contributed by atoms with E-state index in [0.29, 0.717) is 0 Å². The minimum absolute atomic E-state index is 0.287. The van der Waals surface area contributed by atoms with Gasteiger partial charge in [-0.3, -0.25) is 9.78 Å². The van der Waals surface area contributed by atoms with Crippen LogP contribution >= 0.6 is 0 Å². The van der Waals surface area contributed by atoms with Gasteiger partial charge in [-0.05, 0) is 19.1 Å². The minimum Gasteiger partial charge on any atom is -0.462 e. The molecule has 0 radical (unpaired) electrons. The fourth-order valence-electron chi connectivity index (χ4n) is 1.25. The van der Waals surface area contributed by atoms with Gasteiger partial charge in [0, 0.05) is 12.7 Å². The third-order valence-electron chi connectivity index (χ3n) is 2.05. The second-order valence-corrected chi connectivity index (χ2v) is 3.42. The van der Waals surface area contributed by atoms with Crippen LogP contribution < -0.4 is 0 Å². The van der Waals surface area contributed by atoms with Gasteiger partial charge in [-0.1, -0.05) is 6.07 Å². The van der Waals surface area contributed by atoms with E-state index in [1.165, 1.54) is 19.1 Å². The molecule has 5 heteroatoms. The summed E-state index contributed by atoms with van der Waals surface area (Å²) >= 11 is 0. The van der Waals surface area contributed by atoms with Crippen molar-refractivity contribution in [2.24, 2.45) is 0 Å². The third kappa shape index (κ3) is 3.05. The van der Waals surface area contributed by atoms with Gasteiger partial charge in [-0.2, -0.15) is 0 Å². The number of pyridine rings is 1. The average molecular weight is 222 g/mol. The lowest BCUT2D eigenvalue weighted by atomic mass is 10.3. The van der Waals surface area contributed by atoms with Crippen molar-refractivity contribution in [1.82, 2.24) is 9.88 Å². The van der Waals surface area contributed by atoms with Crippen molar-refractivity contribution in [2.75, 3.05) is 14.2 Å². The number of ether oxygens (including phenoxy) is 1. The second kappa shape index (κ2) is 5.25. The van der Waals surface area contributed by atoms with Crippen molar-refractivity contribution in [1.29, 1.82) is 0 Å². The Labute approximate surface area is 94.0 Å². The number of likely N-dealkylation sites (N-methyl/N-ethyl adjacent to an activating group) is 1. The summed E-state index contributed by atoms with van der Waals surface area (Å²) in [5.74, 6) is -1.54. The highest BCUT2D eigenvalue weighted by atomic mass is 16.5. The van der Waals surface area contributed by atoms with Crippen LogP contribution in [0.4, 0.5) is 0 Å². The maximum atomic E-state index is 11.4. The number of esters is 1. The highest BCUT2D eigenvalue weighted by molar-refractivity contribution is 6.32. The summed E-state index contributed by atoms with van der Waals surface area (Å²) in [4.78, 5) is 27.9. The molecular weight excluding hydrogens is 208 g/mol. The zero-order valence-electron chi connectivity index (χ0n) is 9.56. The van der Waals surface area contributed by atoms with E-state index < -0.39 is 11.9 Å². The molecule has 0 saturated carbocycles. The molecule has 86 valence electrons. The Morgan fingerprint density at radius 3 is 2.69 bits per heavy atom. The van der Waals surface area contributed by atoms with Crippen LogP contribution in [-0.4, -0.2) is 35.9 Å². The van der Waals surface area contributed by atoms with Crippen LogP contribution in [0.3, 0.4) is 0 Å². The lowest BCUT2D eigenvalue weighted by Crippen LogP contribution is -2.33. The Morgan fingerprint density at radius 1 is 1.44 bits per heavy atom. The standard InChI is InChI=1S/C11H14N2O3/c1-8-5-4-6-9(12-8)7-13(2)10(14)11(15)16-3/h4-6H,7H2,1-3H3. The maximum absolute atomic E-state index is 11.4. The highest BCUT2D eigenvalue weighted by Crippen LogP contribution is 2.02. The summed E-state index contributed by atoms with van der Waals surface area (Å²) in [7, 11) is 2.71. The zero-order chi connectivity index (χ0) is 12.1. The SMILES string of the molecule is COC(=O)C(=O)N(C)Cc1cccc(C)n1. The molecule has 0 unspecified atom stereocenters. The first-order chi connectivity index (χ1) is 7.54. The van der Waals surface area contributed by atoms with Crippen LogP contribution in [0, 0.1) is 6.92 Å². The Morgan fingerprint density at radius 2 is 2.12 bits per heavy atom. The van der Waals surface area contributed by atoms with E-state index in [9.17, 15) is 9.59 Å². The van der Waals surface area contributed by atoms with Crippen molar-refractivity contribution in [2.45, 2.75) is 13.5 Å². The predicted octanol–water partition coefficient (Wildman–Crippen LogP) is 0.521. The van der Waals surface area contributed by atoms with Gasteiger partial charge in [-0.25, -0.2) is 4.79 Å². The van der Waals surface area contributed by atoms with Crippen molar-refractivity contribution in [3.8, 4) is 0 Å². The number of nitrogens with zero attached hydrogens (tertiary/aromatic N) is 2. The maximum Gasteiger partial charge on any atom is 0.396 e. The number of amides is 1. The van der Waals surface area contributed by atoms with Gasteiger partial charge < -0.3 is 9.64 Å². The molecule has 1 aromatic rings. The largest absolute Gasteiger partial charge is 0.462 e. The van der Waals surface area contributed by atoms with E-state index >= 15 is 0 Å². The van der Waals surface area contributed by atoms with Gasteiger partial charge >= 0.3 is 11.9 Å². The summed E-state index contributed by atoms with van der Waals surface area (Å²) in [6, 6.07) is 5.52. The molecule has 16 heavy (non-hydrogen) atoms. The first kappa shape index (κ1) is 12.2. The molecule has 5 nitrogen and oxygen atoms in total. The number of methoxy groups -OCH3 is 1. The molecule has 1 amide bonds. The van der Waals surface area contributed by atoms with Crippen LogP contribution in [0.15, 0.2) is 18.2 Å². The molecule has 1 heterocycles. The Kier molecular flexibility index (Phi) is 3.99. The lowest BCUT2D eigenvalue weighted by molar-refractivity contribution is -0.157. The second-order valence-electron chi connectivity index (χ2n) is 3.42. The number of aryl methyl sites for hydroxylation is 1. The summed E-state index contributed by atoms with van der Waals surface area (Å²) in [6.45, 7) is 2.15. The summed E-state index contributed by atoms with van der Waals surface area (Å²) in [5.41, 5.74) is 1.61. The Bertz CT molecular complexity index is 404. The molecule has 0 N–H and O–H groups in total. The number of hydrogen-bond acceptors (Lipinski definition) is 4. The molecule has 0 atom stereocenters.